The standard InChI is InChI=1S/C22H24N2O5/c1-4-7-15-10-11-18(19(12-15)27-3)28-14-21(25)24-13-20(22(26)23-2)29-17-9-6-5-8-16(17)24/h4-12,20H,13-14H2,1-3H3,(H,23,26)/b7-4+. The van der Waals surface area contributed by atoms with Crippen LogP contribution in [-0.4, -0.2) is 45.2 Å². The Morgan fingerprint density at radius 1 is 1.24 bits per heavy atom. The number of ether oxygens (including phenoxy) is 3. The van der Waals surface area contributed by atoms with Crippen LogP contribution in [0.4, 0.5) is 5.69 Å². The maximum absolute atomic E-state index is 12.9. The molecule has 7 nitrogen and oxygen atoms in total. The molecular weight excluding hydrogens is 372 g/mol. The third-order valence-electron chi connectivity index (χ3n) is 4.51. The molecule has 2 aromatic rings. The lowest BCUT2D eigenvalue weighted by Gasteiger charge is -2.33. The number of carbonyl (C=O) groups is 2. The van der Waals surface area contributed by atoms with E-state index in [2.05, 4.69) is 5.32 Å². The van der Waals surface area contributed by atoms with Gasteiger partial charge in [0.25, 0.3) is 11.8 Å². The van der Waals surface area contributed by atoms with Gasteiger partial charge in [0.15, 0.2) is 24.2 Å². The molecule has 2 aromatic carbocycles. The van der Waals surface area contributed by atoms with Crippen molar-refractivity contribution < 1.29 is 23.8 Å². The number of allylic oxidation sites excluding steroid dienone is 1. The van der Waals surface area contributed by atoms with Crippen molar-refractivity contribution in [1.29, 1.82) is 0 Å². The van der Waals surface area contributed by atoms with Crippen LogP contribution in [0.2, 0.25) is 0 Å². The Balaban J connectivity index is 1.77. The van der Waals surface area contributed by atoms with Crippen molar-refractivity contribution in [2.75, 3.05) is 32.2 Å². The number of anilines is 1. The lowest BCUT2D eigenvalue weighted by Crippen LogP contribution is -2.51. The maximum Gasteiger partial charge on any atom is 0.265 e. The summed E-state index contributed by atoms with van der Waals surface area (Å²) in [6, 6.07) is 12.6. The highest BCUT2D eigenvalue weighted by Gasteiger charge is 2.33. The maximum atomic E-state index is 12.9. The predicted octanol–water partition coefficient (Wildman–Crippen LogP) is 2.65. The average molecular weight is 396 g/mol. The van der Waals surface area contributed by atoms with Crippen molar-refractivity contribution in [3.05, 3.63) is 54.1 Å². The highest BCUT2D eigenvalue weighted by Crippen LogP contribution is 2.34. The largest absolute Gasteiger partial charge is 0.493 e. The number of amides is 2. The number of para-hydroxylation sites is 2. The van der Waals surface area contributed by atoms with Gasteiger partial charge in [-0.2, -0.15) is 0 Å². The van der Waals surface area contributed by atoms with Crippen LogP contribution in [0.25, 0.3) is 6.08 Å². The van der Waals surface area contributed by atoms with E-state index >= 15 is 0 Å². The molecule has 0 fully saturated rings. The van der Waals surface area contributed by atoms with Gasteiger partial charge in [0.05, 0.1) is 19.3 Å². The lowest BCUT2D eigenvalue weighted by atomic mass is 10.1. The third kappa shape index (κ3) is 4.51. The Bertz CT molecular complexity index is 925. The van der Waals surface area contributed by atoms with Crippen LogP contribution in [0, 0.1) is 0 Å². The summed E-state index contributed by atoms with van der Waals surface area (Å²) in [4.78, 5) is 26.5. The zero-order valence-electron chi connectivity index (χ0n) is 16.7. The Morgan fingerprint density at radius 2 is 2.03 bits per heavy atom. The first-order valence-electron chi connectivity index (χ1n) is 9.28. The van der Waals surface area contributed by atoms with Crippen molar-refractivity contribution in [3.63, 3.8) is 0 Å². The molecular formula is C22H24N2O5. The van der Waals surface area contributed by atoms with Gasteiger partial charge in [0.1, 0.15) is 5.75 Å². The quantitative estimate of drug-likeness (QED) is 0.812. The summed E-state index contributed by atoms with van der Waals surface area (Å²) in [5, 5.41) is 2.56. The summed E-state index contributed by atoms with van der Waals surface area (Å²) in [5.41, 5.74) is 1.58. The topological polar surface area (TPSA) is 77.1 Å². The second-order valence-corrected chi connectivity index (χ2v) is 6.39. The van der Waals surface area contributed by atoms with Gasteiger partial charge in [-0.1, -0.05) is 30.4 Å². The third-order valence-corrected chi connectivity index (χ3v) is 4.51. The van der Waals surface area contributed by atoms with Crippen LogP contribution in [0.5, 0.6) is 17.2 Å². The van der Waals surface area contributed by atoms with Gasteiger partial charge in [-0.25, -0.2) is 0 Å². The molecule has 2 amide bonds. The van der Waals surface area contributed by atoms with Crippen LogP contribution < -0.4 is 24.4 Å². The second kappa shape index (κ2) is 9.14. The molecule has 0 aliphatic carbocycles. The summed E-state index contributed by atoms with van der Waals surface area (Å²) in [6.07, 6.45) is 3.09. The molecule has 1 unspecified atom stereocenters. The normalized spacial score (nSPS) is 15.4. The summed E-state index contributed by atoms with van der Waals surface area (Å²) >= 11 is 0. The van der Waals surface area contributed by atoms with Crippen molar-refractivity contribution in [2.45, 2.75) is 13.0 Å². The number of hydrogen-bond acceptors (Lipinski definition) is 5. The van der Waals surface area contributed by atoms with Crippen molar-refractivity contribution >= 4 is 23.6 Å². The SMILES string of the molecule is C/C=C/c1ccc(OCC(=O)N2CC(C(=O)NC)Oc3ccccc32)c(OC)c1. The Kier molecular flexibility index (Phi) is 6.39. The number of rotatable bonds is 6. The fourth-order valence-electron chi connectivity index (χ4n) is 3.09. The van der Waals surface area contributed by atoms with Gasteiger partial charge in [0, 0.05) is 7.05 Å². The average Bonchev–Trinajstić information content (AvgIpc) is 2.76. The van der Waals surface area contributed by atoms with E-state index in [-0.39, 0.29) is 25.0 Å². The number of hydrogen-bond donors (Lipinski definition) is 1. The van der Waals surface area contributed by atoms with Gasteiger partial charge in [0.2, 0.25) is 0 Å². The molecule has 1 aliphatic heterocycles. The Hall–Kier alpha value is -3.48. The molecule has 7 heteroatoms. The predicted molar refractivity (Wildman–Crippen MR) is 110 cm³/mol. The molecule has 29 heavy (non-hydrogen) atoms. The summed E-state index contributed by atoms with van der Waals surface area (Å²) in [6.45, 7) is 1.84. The van der Waals surface area contributed by atoms with E-state index in [9.17, 15) is 9.59 Å². The van der Waals surface area contributed by atoms with E-state index in [1.54, 1.807) is 31.4 Å². The molecule has 0 saturated carbocycles. The number of nitrogens with zero attached hydrogens (tertiary/aromatic N) is 1. The van der Waals surface area contributed by atoms with Gasteiger partial charge in [-0.15, -0.1) is 0 Å². The first-order valence-corrected chi connectivity index (χ1v) is 9.28. The molecule has 1 aliphatic rings. The molecule has 0 bridgehead atoms. The zero-order valence-corrected chi connectivity index (χ0v) is 16.7. The molecule has 3 rings (SSSR count). The van der Waals surface area contributed by atoms with Gasteiger partial charge in [-0.05, 0) is 36.8 Å². The van der Waals surface area contributed by atoms with E-state index in [1.807, 2.05) is 37.3 Å². The lowest BCUT2D eigenvalue weighted by molar-refractivity contribution is -0.128. The highest BCUT2D eigenvalue weighted by atomic mass is 16.5. The van der Waals surface area contributed by atoms with Crippen molar-refractivity contribution in [2.24, 2.45) is 0 Å². The van der Waals surface area contributed by atoms with Crippen LogP contribution >= 0.6 is 0 Å². The van der Waals surface area contributed by atoms with E-state index in [0.29, 0.717) is 22.9 Å². The van der Waals surface area contributed by atoms with Crippen LogP contribution in [0.3, 0.4) is 0 Å². The minimum Gasteiger partial charge on any atom is -0.493 e. The van der Waals surface area contributed by atoms with Crippen molar-refractivity contribution in [1.82, 2.24) is 5.32 Å². The molecule has 1 N–H and O–H groups in total. The Labute approximate surface area is 169 Å². The van der Waals surface area contributed by atoms with E-state index in [1.165, 1.54) is 11.9 Å². The van der Waals surface area contributed by atoms with Gasteiger partial charge in [-0.3, -0.25) is 9.59 Å². The minimum atomic E-state index is -0.784. The van der Waals surface area contributed by atoms with Crippen molar-refractivity contribution in [3.8, 4) is 17.2 Å². The summed E-state index contributed by atoms with van der Waals surface area (Å²) in [5.74, 6) is 0.917. The molecule has 0 spiro atoms. The second-order valence-electron chi connectivity index (χ2n) is 6.39. The molecule has 0 saturated heterocycles. The molecule has 152 valence electrons. The van der Waals surface area contributed by atoms with E-state index in [4.69, 9.17) is 14.2 Å². The summed E-state index contributed by atoms with van der Waals surface area (Å²) < 4.78 is 16.8. The van der Waals surface area contributed by atoms with Gasteiger partial charge < -0.3 is 24.4 Å². The number of methoxy groups -OCH3 is 1. The first kappa shape index (κ1) is 20.3. The number of likely N-dealkylation sites (N-methyl/N-ethyl adjacent to an activating group) is 1. The summed E-state index contributed by atoms with van der Waals surface area (Å²) in [7, 11) is 3.08. The zero-order chi connectivity index (χ0) is 20.8. The molecule has 0 radical (unpaired) electrons. The highest BCUT2D eigenvalue weighted by molar-refractivity contribution is 5.98. The van der Waals surface area contributed by atoms with E-state index < -0.39 is 6.10 Å². The minimum absolute atomic E-state index is 0.107. The number of benzene rings is 2. The van der Waals surface area contributed by atoms with E-state index in [0.717, 1.165) is 5.56 Å². The molecule has 1 atom stereocenters. The van der Waals surface area contributed by atoms with Crippen LogP contribution in [0.1, 0.15) is 12.5 Å². The monoisotopic (exact) mass is 396 g/mol. The number of carbonyl (C=O) groups excluding carboxylic acids is 2. The molecule has 0 aromatic heterocycles. The fraction of sp³-hybridized carbons (Fsp3) is 0.273. The number of nitrogens with one attached hydrogen (secondary N) is 1. The molecule has 1 heterocycles. The fourth-order valence-corrected chi connectivity index (χ4v) is 3.09. The van der Waals surface area contributed by atoms with Crippen LogP contribution in [0.15, 0.2) is 48.5 Å². The van der Waals surface area contributed by atoms with Crippen LogP contribution in [-0.2, 0) is 9.59 Å². The van der Waals surface area contributed by atoms with Gasteiger partial charge >= 0.3 is 0 Å². The number of fused-ring (bicyclic) bond motifs is 1. The Morgan fingerprint density at radius 3 is 2.76 bits per heavy atom. The first-order chi connectivity index (χ1) is 14.1. The smallest absolute Gasteiger partial charge is 0.265 e.